The second-order valence-electron chi connectivity index (χ2n) is 4.07. The lowest BCUT2D eigenvalue weighted by atomic mass is 10.1. The highest BCUT2D eigenvalue weighted by molar-refractivity contribution is 5.94. The molecule has 0 radical (unpaired) electrons. The number of hydrogen-bond donors (Lipinski definition) is 1. The maximum Gasteiger partial charge on any atom is 0.251 e. The number of methoxy groups -OCH3 is 2. The van der Waals surface area contributed by atoms with Crippen molar-refractivity contribution in [2.45, 2.75) is 26.2 Å². The third-order valence-electron chi connectivity index (χ3n) is 2.67. The molecule has 0 aromatic heterocycles. The first-order valence-corrected chi connectivity index (χ1v) is 5.62. The van der Waals surface area contributed by atoms with E-state index in [1.165, 1.54) is 20.3 Å². The largest absolute Gasteiger partial charge is 0.354 e. The smallest absolute Gasteiger partial charge is 0.251 e. The maximum absolute atomic E-state index is 13.3. The van der Waals surface area contributed by atoms with Crippen LogP contribution in [-0.2, 0) is 9.47 Å². The van der Waals surface area contributed by atoms with Gasteiger partial charge in [-0.2, -0.15) is 0 Å². The molecular formula is C13H18FNO3. The summed E-state index contributed by atoms with van der Waals surface area (Å²) < 4.78 is 23.4. The summed E-state index contributed by atoms with van der Waals surface area (Å²) in [6.07, 6.45) is -0.538. The normalized spacial score (nSPS) is 12.6. The van der Waals surface area contributed by atoms with E-state index in [0.29, 0.717) is 5.56 Å². The number of carbonyl (C=O) groups is 1. The monoisotopic (exact) mass is 255 g/mol. The van der Waals surface area contributed by atoms with Gasteiger partial charge in [-0.15, -0.1) is 0 Å². The summed E-state index contributed by atoms with van der Waals surface area (Å²) in [6, 6.07) is 4.02. The quantitative estimate of drug-likeness (QED) is 0.817. The van der Waals surface area contributed by atoms with Crippen LogP contribution < -0.4 is 5.32 Å². The molecule has 0 fully saturated rings. The van der Waals surface area contributed by atoms with Gasteiger partial charge in [-0.3, -0.25) is 4.79 Å². The molecule has 0 aliphatic heterocycles. The molecule has 4 nitrogen and oxygen atoms in total. The minimum atomic E-state index is -0.538. The van der Waals surface area contributed by atoms with Crippen LogP contribution in [-0.4, -0.2) is 32.5 Å². The van der Waals surface area contributed by atoms with E-state index in [-0.39, 0.29) is 17.5 Å². The molecule has 1 atom stereocenters. The summed E-state index contributed by atoms with van der Waals surface area (Å²) >= 11 is 0. The number of halogens is 1. The third-order valence-corrected chi connectivity index (χ3v) is 2.67. The van der Waals surface area contributed by atoms with Crippen molar-refractivity contribution >= 4 is 5.91 Å². The number of nitrogens with one attached hydrogen (secondary N) is 1. The van der Waals surface area contributed by atoms with Crippen LogP contribution in [0.25, 0.3) is 0 Å². The first-order chi connectivity index (χ1) is 8.49. The fourth-order valence-corrected chi connectivity index (χ4v) is 1.60. The van der Waals surface area contributed by atoms with E-state index in [4.69, 9.17) is 9.47 Å². The van der Waals surface area contributed by atoms with Crippen LogP contribution >= 0.6 is 0 Å². The Bertz CT molecular complexity index is 419. The van der Waals surface area contributed by atoms with Gasteiger partial charge in [0.25, 0.3) is 5.91 Å². The van der Waals surface area contributed by atoms with Crippen molar-refractivity contribution < 1.29 is 18.7 Å². The molecule has 1 rings (SSSR count). The highest BCUT2D eigenvalue weighted by Gasteiger charge is 2.19. The molecule has 0 heterocycles. The summed E-state index contributed by atoms with van der Waals surface area (Å²) in [5, 5.41) is 2.69. The molecule has 5 heteroatoms. The van der Waals surface area contributed by atoms with Crippen LogP contribution in [0.1, 0.15) is 22.8 Å². The number of carbonyl (C=O) groups excluding carboxylic acids is 1. The highest BCUT2D eigenvalue weighted by Crippen LogP contribution is 2.10. The number of aryl methyl sites for hydroxylation is 1. The highest BCUT2D eigenvalue weighted by atomic mass is 19.1. The van der Waals surface area contributed by atoms with Gasteiger partial charge < -0.3 is 14.8 Å². The number of ether oxygens (including phenoxy) is 2. The molecule has 100 valence electrons. The van der Waals surface area contributed by atoms with Gasteiger partial charge >= 0.3 is 0 Å². The zero-order valence-corrected chi connectivity index (χ0v) is 11.0. The van der Waals surface area contributed by atoms with Crippen molar-refractivity contribution in [3.8, 4) is 0 Å². The van der Waals surface area contributed by atoms with E-state index < -0.39 is 12.1 Å². The van der Waals surface area contributed by atoms with Gasteiger partial charge in [-0.05, 0) is 31.5 Å². The SMILES string of the molecule is COC(OC)C(C)NC(=O)c1ccc(C)c(F)c1. The Hall–Kier alpha value is -1.46. The zero-order chi connectivity index (χ0) is 13.7. The van der Waals surface area contributed by atoms with Crippen molar-refractivity contribution in [3.05, 3.63) is 35.1 Å². The fraction of sp³-hybridized carbons (Fsp3) is 0.462. The van der Waals surface area contributed by atoms with Crippen molar-refractivity contribution in [3.63, 3.8) is 0 Å². The Morgan fingerprint density at radius 1 is 1.33 bits per heavy atom. The average Bonchev–Trinajstić information content (AvgIpc) is 2.34. The Morgan fingerprint density at radius 3 is 2.44 bits per heavy atom. The first kappa shape index (κ1) is 14.6. The summed E-state index contributed by atoms with van der Waals surface area (Å²) in [5.74, 6) is -0.758. The molecular weight excluding hydrogens is 237 g/mol. The van der Waals surface area contributed by atoms with E-state index in [0.717, 1.165) is 0 Å². The molecule has 0 aliphatic carbocycles. The van der Waals surface area contributed by atoms with Crippen LogP contribution in [0.4, 0.5) is 4.39 Å². The number of hydrogen-bond acceptors (Lipinski definition) is 3. The fourth-order valence-electron chi connectivity index (χ4n) is 1.60. The zero-order valence-electron chi connectivity index (χ0n) is 11.0. The van der Waals surface area contributed by atoms with Crippen LogP contribution in [0.15, 0.2) is 18.2 Å². The molecule has 1 amide bonds. The topological polar surface area (TPSA) is 47.6 Å². The lowest BCUT2D eigenvalue weighted by molar-refractivity contribution is -0.117. The van der Waals surface area contributed by atoms with Crippen LogP contribution in [0.3, 0.4) is 0 Å². The second-order valence-corrected chi connectivity index (χ2v) is 4.07. The Morgan fingerprint density at radius 2 is 1.94 bits per heavy atom. The van der Waals surface area contributed by atoms with Gasteiger partial charge in [-0.25, -0.2) is 4.39 Å². The van der Waals surface area contributed by atoms with Gasteiger partial charge in [0.2, 0.25) is 0 Å². The summed E-state index contributed by atoms with van der Waals surface area (Å²) in [4.78, 5) is 11.9. The Kier molecular flexibility index (Phi) is 5.25. The van der Waals surface area contributed by atoms with E-state index in [9.17, 15) is 9.18 Å². The number of rotatable bonds is 5. The number of benzene rings is 1. The molecule has 0 spiro atoms. The minimum Gasteiger partial charge on any atom is -0.354 e. The standard InChI is InChI=1S/C13H18FNO3/c1-8-5-6-10(7-11(8)14)12(16)15-9(2)13(17-3)18-4/h5-7,9,13H,1-4H3,(H,15,16). The molecule has 0 aliphatic rings. The lowest BCUT2D eigenvalue weighted by Crippen LogP contribution is -2.42. The van der Waals surface area contributed by atoms with Crippen LogP contribution in [0, 0.1) is 12.7 Å². The molecule has 18 heavy (non-hydrogen) atoms. The van der Waals surface area contributed by atoms with Crippen molar-refractivity contribution in [1.29, 1.82) is 0 Å². The van der Waals surface area contributed by atoms with Crippen LogP contribution in [0.5, 0.6) is 0 Å². The van der Waals surface area contributed by atoms with Crippen LogP contribution in [0.2, 0.25) is 0 Å². The summed E-state index contributed by atoms with van der Waals surface area (Å²) in [5.41, 5.74) is 0.780. The van der Waals surface area contributed by atoms with Crippen molar-refractivity contribution in [2.75, 3.05) is 14.2 Å². The Balaban J connectivity index is 2.73. The van der Waals surface area contributed by atoms with Gasteiger partial charge in [0.1, 0.15) is 5.82 Å². The molecule has 1 aromatic carbocycles. The Labute approximate surface area is 106 Å². The lowest BCUT2D eigenvalue weighted by Gasteiger charge is -2.22. The maximum atomic E-state index is 13.3. The third kappa shape index (κ3) is 3.51. The molecule has 1 aromatic rings. The van der Waals surface area contributed by atoms with Gasteiger partial charge in [0.05, 0.1) is 6.04 Å². The van der Waals surface area contributed by atoms with E-state index in [1.807, 2.05) is 0 Å². The molecule has 0 saturated heterocycles. The number of amides is 1. The van der Waals surface area contributed by atoms with Gasteiger partial charge in [0, 0.05) is 19.8 Å². The predicted octanol–water partition coefficient (Wildman–Crippen LogP) is 1.87. The second kappa shape index (κ2) is 6.47. The minimum absolute atomic E-state index is 0.274. The molecule has 1 N–H and O–H groups in total. The first-order valence-electron chi connectivity index (χ1n) is 5.62. The van der Waals surface area contributed by atoms with E-state index in [2.05, 4.69) is 5.32 Å². The van der Waals surface area contributed by atoms with Gasteiger partial charge in [0.15, 0.2) is 6.29 Å². The predicted molar refractivity (Wildman–Crippen MR) is 65.9 cm³/mol. The summed E-state index contributed by atoms with van der Waals surface area (Å²) in [7, 11) is 2.98. The molecule has 0 bridgehead atoms. The molecule has 0 saturated carbocycles. The molecule has 1 unspecified atom stereocenters. The van der Waals surface area contributed by atoms with Crippen molar-refractivity contribution in [2.24, 2.45) is 0 Å². The van der Waals surface area contributed by atoms with Crippen molar-refractivity contribution in [1.82, 2.24) is 5.32 Å². The summed E-state index contributed by atoms with van der Waals surface area (Å²) in [6.45, 7) is 3.39. The van der Waals surface area contributed by atoms with E-state index in [1.54, 1.807) is 26.0 Å². The average molecular weight is 255 g/mol. The van der Waals surface area contributed by atoms with Gasteiger partial charge in [-0.1, -0.05) is 6.07 Å². The van der Waals surface area contributed by atoms with E-state index >= 15 is 0 Å².